The molecule has 0 unspecified atom stereocenters. The van der Waals surface area contributed by atoms with Gasteiger partial charge in [0.25, 0.3) is 5.91 Å². The third kappa shape index (κ3) is 4.64. The fourth-order valence-corrected chi connectivity index (χ4v) is 4.04. The number of carbonyl (C=O) groups excluding carboxylic acids is 2. The first-order valence-corrected chi connectivity index (χ1v) is 10.9. The molecule has 0 aliphatic heterocycles. The molecule has 2 amide bonds. The molecule has 0 radical (unpaired) electrons. The first-order valence-electron chi connectivity index (χ1n) is 10.9. The van der Waals surface area contributed by atoms with E-state index in [0.717, 1.165) is 31.4 Å². The van der Waals surface area contributed by atoms with Crippen LogP contribution in [0, 0.1) is 0 Å². The van der Waals surface area contributed by atoms with E-state index >= 15 is 0 Å². The summed E-state index contributed by atoms with van der Waals surface area (Å²) in [5, 5.41) is 20.8. The molecule has 8 heteroatoms. The smallest absolute Gasteiger partial charge is 0.342 e. The van der Waals surface area contributed by atoms with Crippen LogP contribution in [-0.2, 0) is 0 Å². The van der Waals surface area contributed by atoms with E-state index in [1.165, 1.54) is 16.9 Å². The van der Waals surface area contributed by atoms with Gasteiger partial charge in [-0.15, -0.1) is 0 Å². The summed E-state index contributed by atoms with van der Waals surface area (Å²) in [6.45, 7) is 3.81. The molecule has 1 aromatic carbocycles. The summed E-state index contributed by atoms with van der Waals surface area (Å²) in [5.74, 6) is -0.0707. The molecule has 4 rings (SSSR count). The zero-order valence-corrected chi connectivity index (χ0v) is 18.2. The Morgan fingerprint density at radius 1 is 1.16 bits per heavy atom. The highest BCUT2D eigenvalue weighted by molar-refractivity contribution is 6.04. The van der Waals surface area contributed by atoms with Crippen LogP contribution in [0.25, 0.3) is 11.3 Å². The van der Waals surface area contributed by atoms with Crippen molar-refractivity contribution < 1.29 is 14.7 Å². The predicted octanol–water partition coefficient (Wildman–Crippen LogP) is 4.53. The first kappa shape index (κ1) is 21.5. The van der Waals surface area contributed by atoms with E-state index in [9.17, 15) is 14.7 Å². The zero-order valence-electron chi connectivity index (χ0n) is 18.2. The minimum absolute atomic E-state index is 0.0114. The summed E-state index contributed by atoms with van der Waals surface area (Å²) in [6.07, 6.45) is 7.37. The van der Waals surface area contributed by atoms with Crippen molar-refractivity contribution >= 4 is 17.6 Å². The van der Waals surface area contributed by atoms with Crippen LogP contribution in [0.15, 0.2) is 48.8 Å². The van der Waals surface area contributed by atoms with Gasteiger partial charge in [-0.3, -0.25) is 9.78 Å². The molecule has 2 aromatic heterocycles. The van der Waals surface area contributed by atoms with E-state index in [1.54, 1.807) is 30.5 Å². The molecule has 0 spiro atoms. The molecule has 1 fully saturated rings. The van der Waals surface area contributed by atoms with Crippen LogP contribution < -0.4 is 10.6 Å². The Bertz CT molecular complexity index is 1120. The van der Waals surface area contributed by atoms with Crippen LogP contribution in [0.1, 0.15) is 61.5 Å². The summed E-state index contributed by atoms with van der Waals surface area (Å²) in [5.41, 5.74) is 2.76. The SMILES string of the molecule is CC(C)NC(=O)n1nc(-c2ccc(NC(=O)c3cccnc3)cc2O)cc1C1CCCC1. The number of anilines is 1. The number of pyridine rings is 1. The second-order valence-electron chi connectivity index (χ2n) is 8.38. The number of carbonyl (C=O) groups is 2. The molecule has 1 aliphatic rings. The average Bonchev–Trinajstić information content (AvgIpc) is 3.44. The van der Waals surface area contributed by atoms with Crippen molar-refractivity contribution in [3.63, 3.8) is 0 Å². The highest BCUT2D eigenvalue weighted by Gasteiger charge is 2.26. The molecular weight excluding hydrogens is 406 g/mol. The van der Waals surface area contributed by atoms with Crippen molar-refractivity contribution in [2.45, 2.75) is 51.5 Å². The predicted molar refractivity (Wildman–Crippen MR) is 122 cm³/mol. The number of aromatic nitrogens is 3. The fraction of sp³-hybridized carbons (Fsp3) is 0.333. The van der Waals surface area contributed by atoms with Crippen molar-refractivity contribution in [1.29, 1.82) is 0 Å². The van der Waals surface area contributed by atoms with E-state index in [2.05, 4.69) is 20.7 Å². The lowest BCUT2D eigenvalue weighted by molar-refractivity contribution is 0.102. The molecule has 32 heavy (non-hydrogen) atoms. The highest BCUT2D eigenvalue weighted by atomic mass is 16.3. The van der Waals surface area contributed by atoms with E-state index in [-0.39, 0.29) is 29.6 Å². The van der Waals surface area contributed by atoms with Gasteiger partial charge in [0.2, 0.25) is 0 Å². The zero-order chi connectivity index (χ0) is 22.7. The number of rotatable bonds is 5. The summed E-state index contributed by atoms with van der Waals surface area (Å²) < 4.78 is 1.43. The van der Waals surface area contributed by atoms with Gasteiger partial charge in [0, 0.05) is 41.7 Å². The lowest BCUT2D eigenvalue weighted by Gasteiger charge is -2.13. The van der Waals surface area contributed by atoms with Gasteiger partial charge < -0.3 is 15.7 Å². The summed E-state index contributed by atoms with van der Waals surface area (Å²) in [4.78, 5) is 29.0. The third-order valence-electron chi connectivity index (χ3n) is 5.57. The fourth-order valence-electron chi connectivity index (χ4n) is 4.04. The van der Waals surface area contributed by atoms with Crippen molar-refractivity contribution in [3.8, 4) is 17.0 Å². The quantitative estimate of drug-likeness (QED) is 0.548. The average molecular weight is 434 g/mol. The molecular formula is C24H27N5O3. The van der Waals surface area contributed by atoms with Crippen LogP contribution in [0.2, 0.25) is 0 Å². The summed E-state index contributed by atoms with van der Waals surface area (Å²) in [7, 11) is 0. The van der Waals surface area contributed by atoms with Crippen LogP contribution >= 0.6 is 0 Å². The second kappa shape index (κ2) is 9.21. The lowest BCUT2D eigenvalue weighted by Crippen LogP contribution is -2.35. The van der Waals surface area contributed by atoms with Gasteiger partial charge in [0.05, 0.1) is 17.0 Å². The number of nitrogens with one attached hydrogen (secondary N) is 2. The molecule has 166 valence electrons. The van der Waals surface area contributed by atoms with E-state index in [4.69, 9.17) is 0 Å². The number of amides is 2. The molecule has 1 aliphatic carbocycles. The molecule has 8 nitrogen and oxygen atoms in total. The maximum atomic E-state index is 12.7. The van der Waals surface area contributed by atoms with Crippen molar-refractivity contribution in [2.24, 2.45) is 0 Å². The normalized spacial score (nSPS) is 14.0. The molecule has 2 heterocycles. The van der Waals surface area contributed by atoms with E-state index < -0.39 is 0 Å². The Balaban J connectivity index is 1.61. The third-order valence-corrected chi connectivity index (χ3v) is 5.57. The molecule has 0 atom stereocenters. The van der Waals surface area contributed by atoms with Crippen LogP contribution in [0.3, 0.4) is 0 Å². The minimum Gasteiger partial charge on any atom is -0.507 e. The number of aromatic hydroxyl groups is 1. The Hall–Kier alpha value is -3.68. The van der Waals surface area contributed by atoms with Gasteiger partial charge in [-0.2, -0.15) is 9.78 Å². The lowest BCUT2D eigenvalue weighted by atomic mass is 10.0. The molecule has 0 saturated heterocycles. The minimum atomic E-state index is -0.316. The van der Waals surface area contributed by atoms with Crippen LogP contribution in [0.5, 0.6) is 5.75 Å². The van der Waals surface area contributed by atoms with Crippen LogP contribution in [0.4, 0.5) is 10.5 Å². The topological polar surface area (TPSA) is 109 Å². The van der Waals surface area contributed by atoms with Gasteiger partial charge in [0.1, 0.15) is 5.75 Å². The van der Waals surface area contributed by atoms with Gasteiger partial charge in [0.15, 0.2) is 0 Å². The maximum absolute atomic E-state index is 12.7. The number of hydrogen-bond acceptors (Lipinski definition) is 5. The number of benzene rings is 1. The van der Waals surface area contributed by atoms with Crippen molar-refractivity contribution in [2.75, 3.05) is 5.32 Å². The number of hydrogen-bond donors (Lipinski definition) is 3. The van der Waals surface area contributed by atoms with Crippen LogP contribution in [-0.4, -0.2) is 37.9 Å². The molecule has 0 bridgehead atoms. The Kier molecular flexibility index (Phi) is 6.20. The first-order chi connectivity index (χ1) is 15.4. The molecule has 3 aromatic rings. The van der Waals surface area contributed by atoms with E-state index in [1.807, 2.05) is 19.9 Å². The Labute approximate surface area is 186 Å². The summed E-state index contributed by atoms with van der Waals surface area (Å²) in [6, 6.07) is 9.82. The monoisotopic (exact) mass is 433 g/mol. The second-order valence-corrected chi connectivity index (χ2v) is 8.38. The van der Waals surface area contributed by atoms with E-state index in [0.29, 0.717) is 22.5 Å². The number of phenolic OH excluding ortho intramolecular Hbond substituents is 1. The molecule has 1 saturated carbocycles. The number of phenols is 1. The standard InChI is InChI=1S/C24H27N5O3/c1-15(2)26-24(32)29-21(16-6-3-4-7-16)13-20(28-29)19-10-9-18(12-22(19)30)27-23(31)17-8-5-11-25-14-17/h5,8-16,30H,3-4,6-7H2,1-2H3,(H,26,32)(H,27,31). The van der Waals surface area contributed by atoms with Gasteiger partial charge in [-0.05, 0) is 57.0 Å². The Morgan fingerprint density at radius 3 is 2.59 bits per heavy atom. The maximum Gasteiger partial charge on any atom is 0.342 e. The molecule has 3 N–H and O–H groups in total. The largest absolute Gasteiger partial charge is 0.507 e. The van der Waals surface area contributed by atoms with Crippen molar-refractivity contribution in [1.82, 2.24) is 20.1 Å². The highest BCUT2D eigenvalue weighted by Crippen LogP contribution is 2.38. The van der Waals surface area contributed by atoms with Gasteiger partial charge in [-0.1, -0.05) is 12.8 Å². The van der Waals surface area contributed by atoms with Gasteiger partial charge in [-0.25, -0.2) is 4.79 Å². The van der Waals surface area contributed by atoms with Crippen molar-refractivity contribution in [3.05, 3.63) is 60.0 Å². The number of nitrogens with zero attached hydrogens (tertiary/aromatic N) is 3. The van der Waals surface area contributed by atoms with Gasteiger partial charge >= 0.3 is 6.03 Å². The Morgan fingerprint density at radius 2 is 1.94 bits per heavy atom. The summed E-state index contributed by atoms with van der Waals surface area (Å²) >= 11 is 0.